The fraction of sp³-hybridized carbons (Fsp3) is 0.263. The van der Waals surface area contributed by atoms with Gasteiger partial charge >= 0.3 is 0 Å². The summed E-state index contributed by atoms with van der Waals surface area (Å²) in [4.78, 5) is 15.5. The molecule has 0 bridgehead atoms. The monoisotopic (exact) mass is 555 g/mol. The van der Waals surface area contributed by atoms with Gasteiger partial charge in [-0.25, -0.2) is 0 Å². The van der Waals surface area contributed by atoms with E-state index in [-0.39, 0.29) is 32.6 Å². The van der Waals surface area contributed by atoms with Crippen molar-refractivity contribution in [2.24, 2.45) is 0 Å². The molecule has 2 rings (SSSR count). The molecule has 0 atom stereocenters. The predicted molar refractivity (Wildman–Crippen MR) is 100 cm³/mol. The van der Waals surface area contributed by atoms with Gasteiger partial charge in [-0.05, 0) is 31.9 Å². The molecule has 0 radical (unpaired) electrons. The van der Waals surface area contributed by atoms with Gasteiger partial charge in [0.1, 0.15) is 0 Å². The fourth-order valence-corrected chi connectivity index (χ4v) is 2.33. The number of hydrogen-bond acceptors (Lipinski definition) is 6. The van der Waals surface area contributed by atoms with Crippen LogP contribution < -0.4 is 9.47 Å². The largest absolute Gasteiger partial charge is 0.540 e. The molecule has 1 N–H and O–H groups in total. The van der Waals surface area contributed by atoms with Gasteiger partial charge in [0.2, 0.25) is 0 Å². The van der Waals surface area contributed by atoms with Crippen molar-refractivity contribution in [1.29, 1.82) is 0 Å². The zero-order chi connectivity index (χ0) is 18.8. The van der Waals surface area contributed by atoms with Gasteiger partial charge in [0.05, 0.1) is 20.0 Å². The minimum atomic E-state index is -0.125. The number of aromatic nitrogens is 1. The van der Waals surface area contributed by atoms with Crippen LogP contribution in [0.5, 0.6) is 11.5 Å². The molecule has 0 aliphatic rings. The van der Waals surface area contributed by atoms with Crippen molar-refractivity contribution >= 4 is 17.5 Å². The smallest absolute Gasteiger partial charge is 0.155 e. The first-order valence-corrected chi connectivity index (χ1v) is 8.65. The molecule has 0 aliphatic heterocycles. The number of thioether (sulfide) groups is 1. The van der Waals surface area contributed by atoms with Gasteiger partial charge < -0.3 is 19.6 Å². The van der Waals surface area contributed by atoms with E-state index in [1.807, 2.05) is 24.5 Å². The maximum Gasteiger partial charge on any atom is 0.155 e. The average molecular weight is 556 g/mol. The van der Waals surface area contributed by atoms with Crippen molar-refractivity contribution in [2.75, 3.05) is 20.5 Å². The van der Waals surface area contributed by atoms with E-state index in [1.165, 1.54) is 19.9 Å². The van der Waals surface area contributed by atoms with Gasteiger partial charge in [-0.15, -0.1) is 23.9 Å². The van der Waals surface area contributed by atoms with Crippen LogP contribution in [0.25, 0.3) is 11.3 Å². The Balaban J connectivity index is 0.000000673. The maximum absolute atomic E-state index is 10.0. The minimum absolute atomic E-state index is 0. The number of carbonyl (C=O) groups is 1. The van der Waals surface area contributed by atoms with Gasteiger partial charge in [0, 0.05) is 49.7 Å². The number of aliphatic hydroxyl groups is 1. The van der Waals surface area contributed by atoms with E-state index in [1.54, 1.807) is 38.2 Å². The molecule has 1 aromatic heterocycles. The van der Waals surface area contributed by atoms with E-state index in [0.29, 0.717) is 5.75 Å². The molecular weight excluding hydrogens is 533 g/mol. The van der Waals surface area contributed by atoms with Crippen LogP contribution in [0, 0.1) is 6.07 Å². The van der Waals surface area contributed by atoms with Gasteiger partial charge in [0.25, 0.3) is 0 Å². The van der Waals surface area contributed by atoms with Crippen LogP contribution in [0.2, 0.25) is 0 Å². The summed E-state index contributed by atoms with van der Waals surface area (Å²) < 4.78 is 10.5. The van der Waals surface area contributed by atoms with Crippen LogP contribution in [0.4, 0.5) is 0 Å². The van der Waals surface area contributed by atoms with Crippen molar-refractivity contribution in [2.45, 2.75) is 18.7 Å². The van der Waals surface area contributed by atoms with Crippen LogP contribution in [0.15, 0.2) is 47.2 Å². The number of benzene rings is 1. The number of pyridine rings is 1. The van der Waals surface area contributed by atoms with Gasteiger partial charge in [0.15, 0.2) is 5.78 Å². The standard InChI is InChI=1S/C14H14NO2S.C5H8O2.Pt/c1-16-10-4-5-12(14(8-10)17-2)13-9-11(18-3)6-7-15-13;1-4(6)3-5(2)7;/h4,6-9H,1-3H3;3,6H,1-2H3;/q-1;;/b;4-3-;. The summed E-state index contributed by atoms with van der Waals surface area (Å²) in [5.74, 6) is 1.37. The number of ether oxygens (including phenoxy) is 2. The number of nitrogens with zero attached hydrogens (tertiary/aromatic N) is 1. The molecule has 0 aliphatic carbocycles. The van der Waals surface area contributed by atoms with E-state index >= 15 is 0 Å². The topological polar surface area (TPSA) is 68.7 Å². The van der Waals surface area contributed by atoms with Gasteiger partial charge in [-0.2, -0.15) is 0 Å². The number of ketones is 1. The molecule has 1 aromatic carbocycles. The summed E-state index contributed by atoms with van der Waals surface area (Å²) >= 11 is 1.68. The summed E-state index contributed by atoms with van der Waals surface area (Å²) in [6.07, 6.45) is 4.99. The van der Waals surface area contributed by atoms with Crippen molar-refractivity contribution in [3.05, 3.63) is 48.4 Å². The summed E-state index contributed by atoms with van der Waals surface area (Å²) in [7, 11) is 3.25. The second kappa shape index (κ2) is 12.6. The van der Waals surface area contributed by atoms with Crippen molar-refractivity contribution < 1.29 is 40.4 Å². The SMILES string of the molecule is CC(=O)/C=C(/C)O.COc1c[c-]c(-c2cc(SC)ccn2)c(OC)c1.[Pt]. The molecule has 26 heavy (non-hydrogen) atoms. The second-order valence-corrected chi connectivity index (χ2v) is 5.84. The minimum Gasteiger partial charge on any atom is -0.540 e. The number of allylic oxidation sites excluding steroid dienone is 2. The first-order valence-electron chi connectivity index (χ1n) is 7.43. The Labute approximate surface area is 173 Å². The van der Waals surface area contributed by atoms with E-state index in [9.17, 15) is 4.79 Å². The van der Waals surface area contributed by atoms with Crippen LogP contribution in [0.3, 0.4) is 0 Å². The van der Waals surface area contributed by atoms with E-state index < -0.39 is 0 Å². The molecule has 0 unspecified atom stereocenters. The maximum atomic E-state index is 10.0. The molecule has 0 saturated carbocycles. The molecule has 5 nitrogen and oxygen atoms in total. The summed E-state index contributed by atoms with van der Waals surface area (Å²) in [5, 5.41) is 8.36. The van der Waals surface area contributed by atoms with Crippen molar-refractivity contribution in [1.82, 2.24) is 4.98 Å². The molecule has 0 fully saturated rings. The van der Waals surface area contributed by atoms with E-state index in [0.717, 1.165) is 21.9 Å². The normalized spacial score (nSPS) is 10.1. The van der Waals surface area contributed by atoms with Gasteiger partial charge in [-0.1, -0.05) is 17.7 Å². The molecule has 2 aromatic rings. The molecule has 7 heteroatoms. The zero-order valence-electron chi connectivity index (χ0n) is 15.3. The second-order valence-electron chi connectivity index (χ2n) is 4.96. The van der Waals surface area contributed by atoms with Crippen LogP contribution in [-0.4, -0.2) is 36.3 Å². The van der Waals surface area contributed by atoms with E-state index in [4.69, 9.17) is 14.6 Å². The number of aliphatic hydroxyl groups excluding tert-OH is 1. The zero-order valence-corrected chi connectivity index (χ0v) is 18.4. The predicted octanol–water partition coefficient (Wildman–Crippen LogP) is 4.32. The third-order valence-electron chi connectivity index (χ3n) is 2.97. The Morgan fingerprint density at radius 3 is 2.42 bits per heavy atom. The summed E-state index contributed by atoms with van der Waals surface area (Å²) in [5.41, 5.74) is 1.69. The Hall–Kier alpha value is -1.78. The molecule has 0 saturated heterocycles. The average Bonchev–Trinajstić information content (AvgIpc) is 2.60. The molecule has 144 valence electrons. The molecule has 1 heterocycles. The van der Waals surface area contributed by atoms with Gasteiger partial charge in [-0.3, -0.25) is 4.79 Å². The number of methoxy groups -OCH3 is 2. The summed E-state index contributed by atoms with van der Waals surface area (Å²) in [6, 6.07) is 10.8. The van der Waals surface area contributed by atoms with Crippen molar-refractivity contribution in [3.8, 4) is 22.8 Å². The quantitative estimate of drug-likeness (QED) is 0.257. The first kappa shape index (κ1) is 24.2. The van der Waals surface area contributed by atoms with Crippen LogP contribution >= 0.6 is 11.8 Å². The molecule has 0 spiro atoms. The number of rotatable bonds is 5. The number of carbonyl (C=O) groups excluding carboxylic acids is 1. The molecular formula is C19H22NO4PtS-. The third-order valence-corrected chi connectivity index (χ3v) is 3.69. The fourth-order valence-electron chi connectivity index (χ4n) is 1.91. The number of hydrogen-bond donors (Lipinski definition) is 1. The Kier molecular flexibility index (Phi) is 11.7. The van der Waals surface area contributed by atoms with Crippen LogP contribution in [-0.2, 0) is 25.9 Å². The Morgan fingerprint density at radius 2 is 1.96 bits per heavy atom. The summed E-state index contributed by atoms with van der Waals surface area (Å²) in [6.45, 7) is 2.85. The third kappa shape index (κ3) is 8.06. The van der Waals surface area contributed by atoms with Crippen LogP contribution in [0.1, 0.15) is 13.8 Å². The molecule has 0 amide bonds. The Morgan fingerprint density at radius 1 is 1.27 bits per heavy atom. The Bertz CT molecular complexity index is 746. The van der Waals surface area contributed by atoms with Crippen molar-refractivity contribution in [3.63, 3.8) is 0 Å². The first-order chi connectivity index (χ1) is 11.9. The van der Waals surface area contributed by atoms with E-state index in [2.05, 4.69) is 11.1 Å².